The van der Waals surface area contributed by atoms with Gasteiger partial charge in [0, 0.05) is 30.6 Å². The Kier molecular flexibility index (Phi) is 4.04. The number of aromatic nitrogens is 6. The van der Waals surface area contributed by atoms with Gasteiger partial charge in [-0.25, -0.2) is 4.98 Å². The topological polar surface area (TPSA) is 81.4 Å². The molecule has 7 heteroatoms. The zero-order chi connectivity index (χ0) is 18.1. The lowest BCUT2D eigenvalue weighted by atomic mass is 10.1. The van der Waals surface area contributed by atoms with Gasteiger partial charge >= 0.3 is 0 Å². The van der Waals surface area contributed by atoms with Gasteiger partial charge in [-0.1, -0.05) is 13.8 Å². The van der Waals surface area contributed by atoms with Gasteiger partial charge in [0.2, 0.25) is 0 Å². The second kappa shape index (κ2) is 6.51. The number of anilines is 2. The molecule has 4 aromatic heterocycles. The molecule has 0 aliphatic carbocycles. The SMILES string of the molecule is CC(C)c1cnnc(Nc2ccc3ncc(-c4[c]nn(C)c4)cc3n2)c1. The average Bonchev–Trinajstić information content (AvgIpc) is 3.08. The fourth-order valence-electron chi connectivity index (χ4n) is 2.63. The molecule has 0 aliphatic rings. The van der Waals surface area contributed by atoms with E-state index in [4.69, 9.17) is 0 Å². The van der Waals surface area contributed by atoms with Crippen LogP contribution in [0.2, 0.25) is 0 Å². The number of hydrogen-bond acceptors (Lipinski definition) is 6. The summed E-state index contributed by atoms with van der Waals surface area (Å²) in [6.07, 6.45) is 8.46. The Morgan fingerprint density at radius 1 is 1.08 bits per heavy atom. The van der Waals surface area contributed by atoms with Crippen molar-refractivity contribution in [3.63, 3.8) is 0 Å². The van der Waals surface area contributed by atoms with Crippen LogP contribution in [-0.4, -0.2) is 29.9 Å². The first-order chi connectivity index (χ1) is 12.6. The van der Waals surface area contributed by atoms with Crippen LogP contribution in [0, 0.1) is 6.20 Å². The number of hydrogen-bond donors (Lipinski definition) is 1. The predicted molar refractivity (Wildman–Crippen MR) is 100.0 cm³/mol. The summed E-state index contributed by atoms with van der Waals surface area (Å²) in [6.45, 7) is 4.25. The van der Waals surface area contributed by atoms with Crippen LogP contribution >= 0.6 is 0 Å². The van der Waals surface area contributed by atoms with Gasteiger partial charge in [-0.15, -0.1) is 5.10 Å². The Morgan fingerprint density at radius 2 is 1.96 bits per heavy atom. The Hall–Kier alpha value is -3.35. The molecule has 129 valence electrons. The number of fused-ring (bicyclic) bond motifs is 1. The van der Waals surface area contributed by atoms with Crippen LogP contribution in [0.25, 0.3) is 22.2 Å². The van der Waals surface area contributed by atoms with Gasteiger partial charge in [-0.05, 0) is 35.7 Å². The van der Waals surface area contributed by atoms with E-state index in [1.807, 2.05) is 43.7 Å². The Balaban J connectivity index is 1.67. The zero-order valence-electron chi connectivity index (χ0n) is 14.8. The van der Waals surface area contributed by atoms with Gasteiger partial charge in [-0.2, -0.15) is 10.2 Å². The summed E-state index contributed by atoms with van der Waals surface area (Å²) in [6, 6.07) is 7.79. The summed E-state index contributed by atoms with van der Waals surface area (Å²) in [5.41, 5.74) is 4.55. The average molecular weight is 344 g/mol. The lowest BCUT2D eigenvalue weighted by Gasteiger charge is -2.09. The Bertz CT molecular complexity index is 1070. The van der Waals surface area contributed by atoms with Crippen molar-refractivity contribution in [2.45, 2.75) is 19.8 Å². The van der Waals surface area contributed by atoms with Gasteiger partial charge in [0.05, 0.1) is 17.2 Å². The van der Waals surface area contributed by atoms with Gasteiger partial charge in [0.1, 0.15) is 12.0 Å². The second-order valence-electron chi connectivity index (χ2n) is 6.44. The van der Waals surface area contributed by atoms with Crippen molar-refractivity contribution in [1.29, 1.82) is 0 Å². The van der Waals surface area contributed by atoms with Crippen molar-refractivity contribution < 1.29 is 0 Å². The predicted octanol–water partition coefficient (Wildman–Crippen LogP) is 3.49. The van der Waals surface area contributed by atoms with E-state index in [2.05, 4.69) is 50.6 Å². The quantitative estimate of drug-likeness (QED) is 0.610. The minimum atomic E-state index is 0.387. The smallest absolute Gasteiger partial charge is 0.154 e. The van der Waals surface area contributed by atoms with Gasteiger partial charge < -0.3 is 5.32 Å². The van der Waals surface area contributed by atoms with E-state index >= 15 is 0 Å². The summed E-state index contributed by atoms with van der Waals surface area (Å²) in [5, 5.41) is 15.5. The first-order valence-electron chi connectivity index (χ1n) is 8.36. The minimum absolute atomic E-state index is 0.387. The monoisotopic (exact) mass is 344 g/mol. The zero-order valence-corrected chi connectivity index (χ0v) is 14.8. The van der Waals surface area contributed by atoms with Crippen molar-refractivity contribution in [1.82, 2.24) is 29.9 Å². The molecule has 0 aromatic carbocycles. The highest BCUT2D eigenvalue weighted by Crippen LogP contribution is 2.23. The molecule has 0 aliphatic heterocycles. The minimum Gasteiger partial charge on any atom is -0.323 e. The van der Waals surface area contributed by atoms with E-state index in [-0.39, 0.29) is 0 Å². The van der Waals surface area contributed by atoms with Crippen molar-refractivity contribution in [2.24, 2.45) is 7.05 Å². The molecule has 4 rings (SSSR count). The van der Waals surface area contributed by atoms with Crippen LogP contribution in [-0.2, 0) is 7.05 Å². The fourth-order valence-corrected chi connectivity index (χ4v) is 2.63. The van der Waals surface area contributed by atoms with E-state index < -0.39 is 0 Å². The molecule has 0 fully saturated rings. The second-order valence-corrected chi connectivity index (χ2v) is 6.44. The Morgan fingerprint density at radius 3 is 2.73 bits per heavy atom. The third-order valence-electron chi connectivity index (χ3n) is 4.09. The lowest BCUT2D eigenvalue weighted by molar-refractivity contribution is 0.765. The van der Waals surface area contributed by atoms with Crippen molar-refractivity contribution in [3.8, 4) is 11.1 Å². The largest absolute Gasteiger partial charge is 0.323 e. The van der Waals surface area contributed by atoms with E-state index in [0.717, 1.165) is 27.7 Å². The summed E-state index contributed by atoms with van der Waals surface area (Å²) >= 11 is 0. The number of rotatable bonds is 4. The van der Waals surface area contributed by atoms with Crippen molar-refractivity contribution in [2.75, 3.05) is 5.32 Å². The van der Waals surface area contributed by atoms with Gasteiger partial charge in [0.25, 0.3) is 0 Å². The number of nitrogens with one attached hydrogen (secondary N) is 1. The summed E-state index contributed by atoms with van der Waals surface area (Å²) in [7, 11) is 1.86. The first-order valence-corrected chi connectivity index (χ1v) is 8.36. The molecular formula is C19H18N7. The highest BCUT2D eigenvalue weighted by molar-refractivity contribution is 5.81. The maximum atomic E-state index is 4.66. The van der Waals surface area contributed by atoms with Crippen LogP contribution in [0.15, 0.2) is 42.9 Å². The molecule has 26 heavy (non-hydrogen) atoms. The molecular weight excluding hydrogens is 326 g/mol. The van der Waals surface area contributed by atoms with Crippen LogP contribution < -0.4 is 5.32 Å². The Labute approximate surface area is 151 Å². The molecule has 4 heterocycles. The van der Waals surface area contributed by atoms with Crippen LogP contribution in [0.1, 0.15) is 25.3 Å². The summed E-state index contributed by atoms with van der Waals surface area (Å²) in [5.74, 6) is 1.76. The molecule has 4 aromatic rings. The molecule has 0 saturated heterocycles. The van der Waals surface area contributed by atoms with Gasteiger partial charge in [0.15, 0.2) is 5.82 Å². The van der Waals surface area contributed by atoms with Crippen LogP contribution in [0.4, 0.5) is 11.6 Å². The molecule has 0 bridgehead atoms. The third kappa shape index (κ3) is 3.23. The molecule has 1 radical (unpaired) electrons. The molecule has 7 nitrogen and oxygen atoms in total. The fraction of sp³-hybridized carbons (Fsp3) is 0.211. The summed E-state index contributed by atoms with van der Waals surface area (Å²) in [4.78, 5) is 9.13. The highest BCUT2D eigenvalue weighted by atomic mass is 15.2. The van der Waals surface area contributed by atoms with Crippen LogP contribution in [0.3, 0.4) is 0 Å². The van der Waals surface area contributed by atoms with Crippen molar-refractivity contribution >= 4 is 22.7 Å². The summed E-state index contributed by atoms with van der Waals surface area (Å²) < 4.78 is 1.71. The first kappa shape index (κ1) is 16.1. The number of aryl methyl sites for hydroxylation is 1. The van der Waals surface area contributed by atoms with E-state index in [0.29, 0.717) is 17.6 Å². The lowest BCUT2D eigenvalue weighted by Crippen LogP contribution is -2.00. The van der Waals surface area contributed by atoms with Crippen molar-refractivity contribution in [3.05, 3.63) is 54.6 Å². The van der Waals surface area contributed by atoms with Crippen LogP contribution in [0.5, 0.6) is 0 Å². The maximum absolute atomic E-state index is 4.66. The normalized spacial score (nSPS) is 11.2. The van der Waals surface area contributed by atoms with E-state index in [1.54, 1.807) is 10.9 Å². The standard InChI is InChI=1S/C19H18N7/c1-12(2)13-7-19(25-21-9-13)24-18-5-4-16-17(23-18)6-14(8-20-16)15-10-22-26(3)11-15/h4-9,11-12H,1-3H3,(H,23,24,25). The molecule has 0 spiro atoms. The molecule has 1 N–H and O–H groups in total. The highest BCUT2D eigenvalue weighted by Gasteiger charge is 2.07. The van der Waals surface area contributed by atoms with E-state index in [9.17, 15) is 0 Å². The number of nitrogens with zero attached hydrogens (tertiary/aromatic N) is 6. The molecule has 0 saturated carbocycles. The maximum Gasteiger partial charge on any atom is 0.154 e. The van der Waals surface area contributed by atoms with Gasteiger partial charge in [-0.3, -0.25) is 9.67 Å². The molecule has 0 unspecified atom stereocenters. The number of pyridine rings is 2. The molecule has 0 amide bonds. The molecule has 0 atom stereocenters. The third-order valence-corrected chi connectivity index (χ3v) is 4.09. The van der Waals surface area contributed by atoms with E-state index in [1.165, 1.54) is 0 Å².